The molecular formula is C10H13N5. The summed E-state index contributed by atoms with van der Waals surface area (Å²) in [4.78, 5) is 4.00. The average Bonchev–Trinajstić information content (AvgIpc) is 2.65. The zero-order valence-corrected chi connectivity index (χ0v) is 8.44. The fourth-order valence-electron chi connectivity index (χ4n) is 1.36. The van der Waals surface area contributed by atoms with E-state index in [2.05, 4.69) is 15.2 Å². The fraction of sp³-hybridized carbons (Fsp3) is 0.200. The average molecular weight is 203 g/mol. The molecule has 1 aromatic carbocycles. The molecule has 0 bridgehead atoms. The summed E-state index contributed by atoms with van der Waals surface area (Å²) >= 11 is 0. The second-order valence-electron chi connectivity index (χ2n) is 3.47. The van der Waals surface area contributed by atoms with Crippen molar-refractivity contribution in [2.45, 2.75) is 13.0 Å². The zero-order valence-electron chi connectivity index (χ0n) is 8.44. The standard InChI is InChI=1S/C10H13N5/c1-6-2-4-7(5-3-6)8(11)9-13-10(12)15-14-9/h2-5,8H,11H2,1H3,(H3,12,13,14,15). The maximum absolute atomic E-state index is 5.99. The van der Waals surface area contributed by atoms with E-state index in [4.69, 9.17) is 11.5 Å². The van der Waals surface area contributed by atoms with Crippen molar-refractivity contribution in [2.75, 3.05) is 5.73 Å². The lowest BCUT2D eigenvalue weighted by molar-refractivity contribution is 0.787. The molecule has 0 aliphatic carbocycles. The van der Waals surface area contributed by atoms with Crippen LogP contribution in [0.5, 0.6) is 0 Å². The Bertz CT molecular complexity index is 445. The van der Waals surface area contributed by atoms with Gasteiger partial charge in [-0.25, -0.2) is 0 Å². The van der Waals surface area contributed by atoms with Gasteiger partial charge >= 0.3 is 0 Å². The molecule has 1 heterocycles. The number of hydrogen-bond acceptors (Lipinski definition) is 4. The van der Waals surface area contributed by atoms with Gasteiger partial charge in [-0.2, -0.15) is 4.98 Å². The van der Waals surface area contributed by atoms with Gasteiger partial charge in [-0.3, -0.25) is 5.10 Å². The second kappa shape index (κ2) is 3.70. The molecule has 5 N–H and O–H groups in total. The number of aromatic amines is 1. The molecule has 1 unspecified atom stereocenters. The molecule has 0 aliphatic rings. The van der Waals surface area contributed by atoms with E-state index < -0.39 is 0 Å². The number of nitrogen functional groups attached to an aromatic ring is 1. The van der Waals surface area contributed by atoms with Crippen molar-refractivity contribution < 1.29 is 0 Å². The van der Waals surface area contributed by atoms with Gasteiger partial charge in [0.25, 0.3) is 0 Å². The molecule has 0 saturated carbocycles. The number of nitrogens with zero attached hydrogens (tertiary/aromatic N) is 2. The minimum atomic E-state index is -0.310. The van der Waals surface area contributed by atoms with Crippen LogP contribution in [0.4, 0.5) is 5.95 Å². The predicted molar refractivity (Wildman–Crippen MR) is 58.0 cm³/mol. The largest absolute Gasteiger partial charge is 0.367 e. The molecule has 0 aliphatic heterocycles. The highest BCUT2D eigenvalue weighted by Gasteiger charge is 2.12. The highest BCUT2D eigenvalue weighted by molar-refractivity contribution is 5.28. The molecule has 0 radical (unpaired) electrons. The quantitative estimate of drug-likeness (QED) is 0.671. The molecule has 2 aromatic rings. The molecule has 1 atom stereocenters. The van der Waals surface area contributed by atoms with Crippen molar-refractivity contribution in [2.24, 2.45) is 5.73 Å². The second-order valence-corrected chi connectivity index (χ2v) is 3.47. The lowest BCUT2D eigenvalue weighted by Gasteiger charge is -2.08. The summed E-state index contributed by atoms with van der Waals surface area (Å²) in [6.45, 7) is 2.03. The molecular weight excluding hydrogens is 190 g/mol. The summed E-state index contributed by atoms with van der Waals surface area (Å²) in [7, 11) is 0. The first-order valence-electron chi connectivity index (χ1n) is 4.67. The highest BCUT2D eigenvalue weighted by atomic mass is 15.3. The number of rotatable bonds is 2. The van der Waals surface area contributed by atoms with Crippen LogP contribution >= 0.6 is 0 Å². The van der Waals surface area contributed by atoms with Crippen LogP contribution in [0.1, 0.15) is 23.0 Å². The third kappa shape index (κ3) is 1.97. The first-order chi connectivity index (χ1) is 7.16. The molecule has 5 nitrogen and oxygen atoms in total. The number of aryl methyl sites for hydroxylation is 1. The van der Waals surface area contributed by atoms with E-state index in [1.54, 1.807) is 0 Å². The molecule has 0 fully saturated rings. The monoisotopic (exact) mass is 203 g/mol. The highest BCUT2D eigenvalue weighted by Crippen LogP contribution is 2.16. The van der Waals surface area contributed by atoms with Crippen LogP contribution in [0.2, 0.25) is 0 Å². The fourth-order valence-corrected chi connectivity index (χ4v) is 1.36. The Kier molecular flexibility index (Phi) is 2.39. The van der Waals surface area contributed by atoms with E-state index in [9.17, 15) is 0 Å². The molecule has 1 aromatic heterocycles. The van der Waals surface area contributed by atoms with Gasteiger partial charge in [-0.1, -0.05) is 29.8 Å². The topological polar surface area (TPSA) is 93.6 Å². The summed E-state index contributed by atoms with van der Waals surface area (Å²) in [5, 5.41) is 6.45. The van der Waals surface area contributed by atoms with Crippen molar-refractivity contribution in [1.82, 2.24) is 15.2 Å². The zero-order chi connectivity index (χ0) is 10.8. The Morgan fingerprint density at radius 1 is 1.27 bits per heavy atom. The molecule has 78 valence electrons. The summed E-state index contributed by atoms with van der Waals surface area (Å²) in [6.07, 6.45) is 0. The van der Waals surface area contributed by atoms with Crippen molar-refractivity contribution in [3.05, 3.63) is 41.2 Å². The van der Waals surface area contributed by atoms with Crippen molar-refractivity contribution >= 4 is 5.95 Å². The van der Waals surface area contributed by atoms with Gasteiger partial charge in [0.1, 0.15) is 5.82 Å². The van der Waals surface area contributed by atoms with Gasteiger partial charge in [-0.15, -0.1) is 5.10 Å². The van der Waals surface area contributed by atoms with Gasteiger partial charge < -0.3 is 11.5 Å². The minimum absolute atomic E-state index is 0.215. The molecule has 2 rings (SSSR count). The van der Waals surface area contributed by atoms with E-state index in [1.165, 1.54) is 5.56 Å². The number of H-pyrrole nitrogens is 1. The number of nitrogens with two attached hydrogens (primary N) is 2. The van der Waals surface area contributed by atoms with Crippen LogP contribution in [0.25, 0.3) is 0 Å². The number of anilines is 1. The minimum Gasteiger partial charge on any atom is -0.367 e. The van der Waals surface area contributed by atoms with Crippen LogP contribution < -0.4 is 11.5 Å². The Hall–Kier alpha value is -1.88. The molecule has 0 saturated heterocycles. The Balaban J connectivity index is 2.28. The van der Waals surface area contributed by atoms with Crippen LogP contribution in [0.15, 0.2) is 24.3 Å². The summed E-state index contributed by atoms with van der Waals surface area (Å²) in [5.74, 6) is 0.795. The first-order valence-corrected chi connectivity index (χ1v) is 4.67. The third-order valence-electron chi connectivity index (χ3n) is 2.25. The summed E-state index contributed by atoms with van der Waals surface area (Å²) in [6, 6.07) is 7.65. The van der Waals surface area contributed by atoms with Crippen molar-refractivity contribution in [1.29, 1.82) is 0 Å². The van der Waals surface area contributed by atoms with Gasteiger partial charge in [0, 0.05) is 0 Å². The van der Waals surface area contributed by atoms with E-state index in [-0.39, 0.29) is 12.0 Å². The lowest BCUT2D eigenvalue weighted by atomic mass is 10.1. The summed E-state index contributed by atoms with van der Waals surface area (Å²) < 4.78 is 0. The van der Waals surface area contributed by atoms with Crippen molar-refractivity contribution in [3.63, 3.8) is 0 Å². The van der Waals surface area contributed by atoms with E-state index in [0.717, 1.165) is 5.56 Å². The Morgan fingerprint density at radius 2 is 1.93 bits per heavy atom. The molecule has 0 spiro atoms. The van der Waals surface area contributed by atoms with Gasteiger partial charge in [-0.05, 0) is 12.5 Å². The lowest BCUT2D eigenvalue weighted by Crippen LogP contribution is -2.13. The molecule has 15 heavy (non-hydrogen) atoms. The van der Waals surface area contributed by atoms with E-state index in [0.29, 0.717) is 5.82 Å². The van der Waals surface area contributed by atoms with E-state index in [1.807, 2.05) is 31.2 Å². The molecule has 5 heteroatoms. The Morgan fingerprint density at radius 3 is 2.47 bits per heavy atom. The van der Waals surface area contributed by atoms with Gasteiger partial charge in [0.2, 0.25) is 5.95 Å². The van der Waals surface area contributed by atoms with Crippen molar-refractivity contribution in [3.8, 4) is 0 Å². The van der Waals surface area contributed by atoms with Crippen LogP contribution in [0, 0.1) is 6.92 Å². The van der Waals surface area contributed by atoms with Gasteiger partial charge in [0.15, 0.2) is 0 Å². The molecule has 0 amide bonds. The number of hydrogen-bond donors (Lipinski definition) is 3. The summed E-state index contributed by atoms with van der Waals surface area (Å²) in [5.41, 5.74) is 13.6. The van der Waals surface area contributed by atoms with Crippen LogP contribution in [-0.4, -0.2) is 15.2 Å². The van der Waals surface area contributed by atoms with E-state index >= 15 is 0 Å². The van der Waals surface area contributed by atoms with Crippen LogP contribution in [-0.2, 0) is 0 Å². The van der Waals surface area contributed by atoms with Gasteiger partial charge in [0.05, 0.1) is 6.04 Å². The number of nitrogens with one attached hydrogen (secondary N) is 1. The maximum Gasteiger partial charge on any atom is 0.239 e. The number of benzene rings is 1. The normalized spacial score (nSPS) is 12.7. The maximum atomic E-state index is 5.99. The smallest absolute Gasteiger partial charge is 0.239 e. The predicted octanol–water partition coefficient (Wildman–Crippen LogP) is 0.743. The SMILES string of the molecule is Cc1ccc(C(N)c2nc(N)n[nH]2)cc1. The Labute approximate surface area is 87.5 Å². The first kappa shape index (κ1) is 9.67. The third-order valence-corrected chi connectivity index (χ3v) is 2.25. The van der Waals surface area contributed by atoms with Crippen LogP contribution in [0.3, 0.4) is 0 Å². The number of aromatic nitrogens is 3.